The second-order valence-electron chi connectivity index (χ2n) is 3.31. The molecule has 0 fully saturated rings. The molecule has 0 saturated carbocycles. The van der Waals surface area contributed by atoms with Gasteiger partial charge >= 0.3 is 0 Å². The Morgan fingerprint density at radius 2 is 1.93 bits per heavy atom. The lowest BCUT2D eigenvalue weighted by atomic mass is 10.0. The molecule has 0 aromatic heterocycles. The van der Waals surface area contributed by atoms with Crippen LogP contribution in [-0.2, 0) is 11.2 Å². The maximum Gasteiger partial charge on any atom is 0.152 e. The van der Waals surface area contributed by atoms with Gasteiger partial charge < -0.3 is 20.5 Å². The molecule has 0 saturated heterocycles. The van der Waals surface area contributed by atoms with Crippen LogP contribution in [0.15, 0.2) is 29.2 Å². The quantitative estimate of drug-likeness (QED) is 0.622. The van der Waals surface area contributed by atoms with Crippen LogP contribution in [0.2, 0.25) is 0 Å². The lowest BCUT2D eigenvalue weighted by Gasteiger charge is -2.16. The fourth-order valence-electron chi connectivity index (χ4n) is 1.20. The largest absolute Gasteiger partial charge is 0.612 e. The van der Waals surface area contributed by atoms with Crippen molar-refractivity contribution < 1.29 is 14.8 Å². The van der Waals surface area contributed by atoms with Gasteiger partial charge in [-0.15, -0.1) is 0 Å². The maximum atomic E-state index is 11.1. The average Bonchev–Trinajstić information content (AvgIpc) is 2.27. The van der Waals surface area contributed by atoms with Crippen molar-refractivity contribution in [2.24, 2.45) is 5.73 Å². The van der Waals surface area contributed by atoms with Crippen molar-refractivity contribution in [1.29, 1.82) is 0 Å². The minimum Gasteiger partial charge on any atom is -0.612 e. The molecule has 4 N–H and O–H groups in total. The predicted octanol–water partition coefficient (Wildman–Crippen LogP) is -0.223. The van der Waals surface area contributed by atoms with E-state index in [4.69, 9.17) is 10.8 Å². The molecule has 1 rings (SSSR count). The van der Waals surface area contributed by atoms with Crippen LogP contribution in [0.25, 0.3) is 0 Å². The summed E-state index contributed by atoms with van der Waals surface area (Å²) in [5, 5.41) is 18.4. The van der Waals surface area contributed by atoms with Crippen LogP contribution in [0, 0.1) is 0 Å². The van der Waals surface area contributed by atoms with Gasteiger partial charge in [0.1, 0.15) is 6.26 Å². The second-order valence-corrected chi connectivity index (χ2v) is 4.69. The molecule has 84 valence electrons. The Bertz CT molecular complexity index is 302. The van der Waals surface area contributed by atoms with Crippen molar-refractivity contribution in [1.82, 2.24) is 0 Å². The number of hydrogen-bond acceptors (Lipinski definition) is 4. The van der Waals surface area contributed by atoms with E-state index in [0.29, 0.717) is 10.5 Å². The van der Waals surface area contributed by atoms with Gasteiger partial charge in [-0.2, -0.15) is 0 Å². The average molecular weight is 229 g/mol. The van der Waals surface area contributed by atoms with Crippen molar-refractivity contribution >= 4 is 11.2 Å². The second kappa shape index (κ2) is 5.48. The molecule has 4 nitrogen and oxygen atoms in total. The fraction of sp³-hybridized carbons (Fsp3) is 0.400. The lowest BCUT2D eigenvalue weighted by Crippen LogP contribution is -2.31. The minimum absolute atomic E-state index is 0.275. The molecule has 0 aliphatic rings. The third-order valence-electron chi connectivity index (χ3n) is 2.17. The number of nitrogens with two attached hydrogens (primary N) is 1. The summed E-state index contributed by atoms with van der Waals surface area (Å²) >= 11 is -1.03. The molecule has 5 heteroatoms. The van der Waals surface area contributed by atoms with E-state index in [1.807, 2.05) is 0 Å². The van der Waals surface area contributed by atoms with Crippen molar-refractivity contribution in [3.05, 3.63) is 29.8 Å². The Hall–Kier alpha value is -0.590. The molecule has 0 heterocycles. The zero-order chi connectivity index (χ0) is 11.4. The van der Waals surface area contributed by atoms with E-state index in [-0.39, 0.29) is 6.61 Å². The van der Waals surface area contributed by atoms with E-state index < -0.39 is 23.3 Å². The van der Waals surface area contributed by atoms with Crippen LogP contribution in [0.1, 0.15) is 11.7 Å². The Morgan fingerprint density at radius 3 is 2.33 bits per heavy atom. The first-order valence-corrected chi connectivity index (χ1v) is 6.10. The van der Waals surface area contributed by atoms with Crippen LogP contribution in [-0.4, -0.2) is 33.7 Å². The highest BCUT2D eigenvalue weighted by atomic mass is 32.2. The first kappa shape index (κ1) is 12.5. The third-order valence-corrected chi connectivity index (χ3v) is 3.11. The van der Waals surface area contributed by atoms with Crippen molar-refractivity contribution in [2.75, 3.05) is 12.9 Å². The molecule has 0 amide bonds. The number of aliphatic hydroxyl groups excluding tert-OH is 2. The standard InChI is InChI=1S/C10H15NO3S/c1-15(14)8-4-2-7(3-5-8)10(13)9(11)6-12/h2-5,9-10,12-13H,6,11H2,1H3. The van der Waals surface area contributed by atoms with Gasteiger partial charge in [0.05, 0.1) is 18.8 Å². The van der Waals surface area contributed by atoms with E-state index in [2.05, 4.69) is 0 Å². The van der Waals surface area contributed by atoms with E-state index in [1.54, 1.807) is 30.5 Å². The molecular formula is C10H15NO3S. The Kier molecular flexibility index (Phi) is 4.56. The SMILES string of the molecule is C[S+]([O-])c1ccc(C(O)C(N)CO)cc1. The highest BCUT2D eigenvalue weighted by Gasteiger charge is 2.16. The molecule has 1 aromatic carbocycles. The molecular weight excluding hydrogens is 214 g/mol. The van der Waals surface area contributed by atoms with Crippen LogP contribution in [0.3, 0.4) is 0 Å². The first-order chi connectivity index (χ1) is 7.06. The zero-order valence-corrected chi connectivity index (χ0v) is 9.28. The lowest BCUT2D eigenvalue weighted by molar-refractivity contribution is 0.109. The van der Waals surface area contributed by atoms with Crippen LogP contribution < -0.4 is 5.73 Å². The molecule has 15 heavy (non-hydrogen) atoms. The van der Waals surface area contributed by atoms with Crippen molar-refractivity contribution in [2.45, 2.75) is 17.0 Å². The summed E-state index contributed by atoms with van der Waals surface area (Å²) in [4.78, 5) is 0.698. The summed E-state index contributed by atoms with van der Waals surface area (Å²) in [6.45, 7) is -0.275. The Balaban J connectivity index is 2.79. The molecule has 0 radical (unpaired) electrons. The monoisotopic (exact) mass is 229 g/mol. The van der Waals surface area contributed by atoms with Gasteiger partial charge in [-0.1, -0.05) is 12.1 Å². The first-order valence-electron chi connectivity index (χ1n) is 4.54. The van der Waals surface area contributed by atoms with E-state index in [0.717, 1.165) is 0 Å². The topological polar surface area (TPSA) is 89.5 Å². The normalized spacial score (nSPS) is 17.1. The summed E-state index contributed by atoms with van der Waals surface area (Å²) in [5.74, 6) is 0. The molecule has 0 bridgehead atoms. The van der Waals surface area contributed by atoms with Crippen molar-refractivity contribution in [3.63, 3.8) is 0 Å². The smallest absolute Gasteiger partial charge is 0.152 e. The minimum atomic E-state index is -1.03. The fourth-order valence-corrected chi connectivity index (χ4v) is 1.72. The number of aliphatic hydroxyl groups is 2. The summed E-state index contributed by atoms with van der Waals surface area (Å²) < 4.78 is 11.1. The summed E-state index contributed by atoms with van der Waals surface area (Å²) in [6, 6.07) is 5.99. The molecule has 3 unspecified atom stereocenters. The highest BCUT2D eigenvalue weighted by molar-refractivity contribution is 7.90. The highest BCUT2D eigenvalue weighted by Crippen LogP contribution is 2.18. The molecule has 3 atom stereocenters. The van der Waals surface area contributed by atoms with Crippen LogP contribution >= 0.6 is 0 Å². The Morgan fingerprint density at radius 1 is 1.40 bits per heavy atom. The van der Waals surface area contributed by atoms with Gasteiger partial charge in [0, 0.05) is 0 Å². The third kappa shape index (κ3) is 3.19. The molecule has 0 aliphatic carbocycles. The summed E-state index contributed by atoms with van der Waals surface area (Å²) in [7, 11) is 0. The summed E-state index contributed by atoms with van der Waals surface area (Å²) in [6.07, 6.45) is 0.694. The maximum absolute atomic E-state index is 11.1. The van der Waals surface area contributed by atoms with E-state index in [1.165, 1.54) is 0 Å². The van der Waals surface area contributed by atoms with Gasteiger partial charge in [-0.05, 0) is 28.9 Å². The zero-order valence-electron chi connectivity index (χ0n) is 8.46. The molecule has 1 aromatic rings. The molecule has 0 spiro atoms. The number of benzene rings is 1. The van der Waals surface area contributed by atoms with E-state index in [9.17, 15) is 9.66 Å². The number of rotatable bonds is 4. The van der Waals surface area contributed by atoms with E-state index >= 15 is 0 Å². The van der Waals surface area contributed by atoms with Gasteiger partial charge in [0.2, 0.25) is 0 Å². The Labute approximate surface area is 91.9 Å². The number of hydrogen-bond donors (Lipinski definition) is 3. The predicted molar refractivity (Wildman–Crippen MR) is 58.8 cm³/mol. The molecule has 0 aliphatic heterocycles. The van der Waals surface area contributed by atoms with Gasteiger partial charge in [-0.3, -0.25) is 0 Å². The van der Waals surface area contributed by atoms with Crippen molar-refractivity contribution in [3.8, 4) is 0 Å². The van der Waals surface area contributed by atoms with Gasteiger partial charge in [-0.25, -0.2) is 0 Å². The van der Waals surface area contributed by atoms with Crippen LogP contribution in [0.4, 0.5) is 0 Å². The van der Waals surface area contributed by atoms with Gasteiger partial charge in [0.25, 0.3) is 0 Å². The van der Waals surface area contributed by atoms with Crippen LogP contribution in [0.5, 0.6) is 0 Å². The summed E-state index contributed by atoms with van der Waals surface area (Å²) in [5.41, 5.74) is 6.10. The van der Waals surface area contributed by atoms with Gasteiger partial charge in [0.15, 0.2) is 4.90 Å².